The van der Waals surface area contributed by atoms with E-state index in [-0.39, 0.29) is 6.04 Å². The van der Waals surface area contributed by atoms with Gasteiger partial charge in [0.2, 0.25) is 10.0 Å². The summed E-state index contributed by atoms with van der Waals surface area (Å²) < 4.78 is 29.3. The number of aryl methyl sites for hydroxylation is 1. The zero-order valence-electron chi connectivity index (χ0n) is 11.1. The molecule has 1 saturated heterocycles. The highest BCUT2D eigenvalue weighted by Gasteiger charge is 2.23. The number of rotatable bonds is 5. The molecule has 2 heterocycles. The lowest BCUT2D eigenvalue weighted by molar-refractivity contribution is 0.528. The molecule has 108 valence electrons. The van der Waals surface area contributed by atoms with Crippen LogP contribution in [-0.4, -0.2) is 30.5 Å². The quantitative estimate of drug-likeness (QED) is 0.855. The summed E-state index contributed by atoms with van der Waals surface area (Å²) in [5.41, 5.74) is 6.48. The smallest absolute Gasteiger partial charge is 0.242 e. The summed E-state index contributed by atoms with van der Waals surface area (Å²) in [5.74, 6) is 2.05. The average molecular weight is 303 g/mol. The lowest BCUT2D eigenvalue weighted by Crippen LogP contribution is -2.37. The zero-order valence-corrected chi connectivity index (χ0v) is 12.8. The van der Waals surface area contributed by atoms with Gasteiger partial charge in [-0.2, -0.15) is 11.8 Å². The first-order valence-corrected chi connectivity index (χ1v) is 9.19. The molecule has 0 spiro atoms. The van der Waals surface area contributed by atoms with E-state index in [4.69, 9.17) is 5.73 Å². The van der Waals surface area contributed by atoms with Crippen LogP contribution in [0.5, 0.6) is 0 Å². The Kier molecular flexibility index (Phi) is 4.94. The second kappa shape index (κ2) is 6.30. The van der Waals surface area contributed by atoms with Gasteiger partial charge in [-0.3, -0.25) is 0 Å². The van der Waals surface area contributed by atoms with E-state index < -0.39 is 10.0 Å². The lowest BCUT2D eigenvalue weighted by Gasteiger charge is -2.21. The van der Waals surface area contributed by atoms with E-state index in [1.54, 1.807) is 12.3 Å². The fourth-order valence-electron chi connectivity index (χ4n) is 2.24. The van der Waals surface area contributed by atoms with E-state index in [9.17, 15) is 8.42 Å². The Hall–Kier alpha value is -0.500. The number of hydrogen-bond acceptors (Lipinski definition) is 4. The molecule has 0 unspecified atom stereocenters. The van der Waals surface area contributed by atoms with Gasteiger partial charge >= 0.3 is 0 Å². The molecule has 0 atom stereocenters. The molecule has 19 heavy (non-hydrogen) atoms. The van der Waals surface area contributed by atoms with Crippen molar-refractivity contribution in [1.29, 1.82) is 0 Å². The maximum atomic E-state index is 12.3. The van der Waals surface area contributed by atoms with Gasteiger partial charge in [-0.15, -0.1) is 0 Å². The van der Waals surface area contributed by atoms with Crippen molar-refractivity contribution >= 4 is 21.8 Å². The minimum atomic E-state index is -3.42. The molecule has 0 aliphatic carbocycles. The van der Waals surface area contributed by atoms with Crippen LogP contribution in [0.1, 0.15) is 25.5 Å². The Morgan fingerprint density at radius 3 is 2.68 bits per heavy atom. The van der Waals surface area contributed by atoms with Crippen molar-refractivity contribution in [3.8, 4) is 0 Å². The number of sulfonamides is 1. The molecule has 3 N–H and O–H groups in total. The molecule has 0 aromatic carbocycles. The van der Waals surface area contributed by atoms with Crippen LogP contribution >= 0.6 is 11.8 Å². The largest absolute Gasteiger partial charge is 0.349 e. The summed E-state index contributed by atoms with van der Waals surface area (Å²) in [6.45, 7) is 3.05. The highest BCUT2D eigenvalue weighted by molar-refractivity contribution is 7.99. The molecule has 5 nitrogen and oxygen atoms in total. The minimum Gasteiger partial charge on any atom is -0.349 e. The van der Waals surface area contributed by atoms with Crippen LogP contribution < -0.4 is 10.5 Å². The van der Waals surface area contributed by atoms with Gasteiger partial charge in [-0.25, -0.2) is 13.1 Å². The molecular formula is C12H21N3O2S2. The highest BCUT2D eigenvalue weighted by Crippen LogP contribution is 2.20. The molecule has 0 amide bonds. The molecular weight excluding hydrogens is 282 g/mol. The van der Waals surface area contributed by atoms with Crippen LogP contribution in [0.2, 0.25) is 0 Å². The van der Waals surface area contributed by atoms with Crippen molar-refractivity contribution in [3.05, 3.63) is 18.0 Å². The molecule has 0 bridgehead atoms. The molecule has 7 heteroatoms. The van der Waals surface area contributed by atoms with Gasteiger partial charge in [0.15, 0.2) is 0 Å². The average Bonchev–Trinajstić information content (AvgIpc) is 2.83. The van der Waals surface area contributed by atoms with E-state index in [1.165, 1.54) is 0 Å². The molecule has 1 fully saturated rings. The van der Waals surface area contributed by atoms with Crippen molar-refractivity contribution in [2.45, 2.75) is 43.8 Å². The van der Waals surface area contributed by atoms with E-state index in [1.807, 2.05) is 23.3 Å². The van der Waals surface area contributed by atoms with E-state index in [0.717, 1.165) is 36.6 Å². The number of nitrogens with one attached hydrogen (secondary N) is 1. The Bertz CT molecular complexity index is 498. The van der Waals surface area contributed by atoms with E-state index in [2.05, 4.69) is 4.72 Å². The molecule has 1 aromatic rings. The number of hydrogen-bond donors (Lipinski definition) is 2. The van der Waals surface area contributed by atoms with Gasteiger partial charge in [0.1, 0.15) is 0 Å². The van der Waals surface area contributed by atoms with Gasteiger partial charge in [0.25, 0.3) is 0 Å². The van der Waals surface area contributed by atoms with E-state index in [0.29, 0.717) is 11.4 Å². The molecule has 0 radical (unpaired) electrons. The number of thioether (sulfide) groups is 1. The first-order valence-electron chi connectivity index (χ1n) is 6.56. The second-order valence-electron chi connectivity index (χ2n) is 4.67. The fraction of sp³-hybridized carbons (Fsp3) is 0.667. The zero-order chi connectivity index (χ0) is 13.9. The Labute approximate surface area is 119 Å². The standard InChI is InChI=1S/C12H21N3O2S2/c1-2-15-9-12(7-11(15)8-13)19(16,17)14-10-3-5-18-6-4-10/h7,9-10,14H,2-6,8,13H2,1H3. The SMILES string of the molecule is CCn1cc(S(=O)(=O)NC2CCSCC2)cc1CN. The molecule has 1 aromatic heterocycles. The third-order valence-electron chi connectivity index (χ3n) is 3.36. The van der Waals surface area contributed by atoms with Gasteiger partial charge < -0.3 is 10.3 Å². The first-order chi connectivity index (χ1) is 9.06. The van der Waals surface area contributed by atoms with Gasteiger partial charge in [0.05, 0.1) is 4.90 Å². The Morgan fingerprint density at radius 2 is 2.16 bits per heavy atom. The second-order valence-corrected chi connectivity index (χ2v) is 7.60. The lowest BCUT2D eigenvalue weighted by atomic mass is 10.2. The Balaban J connectivity index is 2.16. The van der Waals surface area contributed by atoms with Crippen molar-refractivity contribution in [3.63, 3.8) is 0 Å². The van der Waals surface area contributed by atoms with Gasteiger partial charge in [-0.05, 0) is 37.3 Å². The van der Waals surface area contributed by atoms with Crippen molar-refractivity contribution < 1.29 is 8.42 Å². The highest BCUT2D eigenvalue weighted by atomic mass is 32.2. The summed E-state index contributed by atoms with van der Waals surface area (Å²) in [7, 11) is -3.42. The fourth-order valence-corrected chi connectivity index (χ4v) is 4.72. The summed E-state index contributed by atoms with van der Waals surface area (Å²) >= 11 is 1.88. The summed E-state index contributed by atoms with van der Waals surface area (Å²) in [5, 5.41) is 0. The number of nitrogens with two attached hydrogens (primary N) is 1. The van der Waals surface area contributed by atoms with Crippen LogP contribution in [0.15, 0.2) is 17.2 Å². The summed E-state index contributed by atoms with van der Waals surface area (Å²) in [4.78, 5) is 0.327. The normalized spacial score (nSPS) is 17.8. The van der Waals surface area contributed by atoms with Gasteiger partial charge in [0, 0.05) is 31.0 Å². The van der Waals surface area contributed by atoms with Crippen LogP contribution in [-0.2, 0) is 23.1 Å². The maximum absolute atomic E-state index is 12.3. The van der Waals surface area contributed by atoms with Crippen molar-refractivity contribution in [2.24, 2.45) is 5.73 Å². The summed E-state index contributed by atoms with van der Waals surface area (Å²) in [6, 6.07) is 1.74. The third-order valence-corrected chi connectivity index (χ3v) is 5.90. The first kappa shape index (κ1) is 14.9. The predicted molar refractivity (Wildman–Crippen MR) is 78.7 cm³/mol. The van der Waals surface area contributed by atoms with Crippen LogP contribution in [0.4, 0.5) is 0 Å². The molecule has 0 saturated carbocycles. The van der Waals surface area contributed by atoms with Crippen LogP contribution in [0, 0.1) is 0 Å². The van der Waals surface area contributed by atoms with Crippen LogP contribution in [0.25, 0.3) is 0 Å². The predicted octanol–water partition coefficient (Wildman–Crippen LogP) is 1.14. The number of nitrogens with zero attached hydrogens (tertiary/aromatic N) is 1. The number of aromatic nitrogens is 1. The third kappa shape index (κ3) is 3.53. The topological polar surface area (TPSA) is 77.1 Å². The van der Waals surface area contributed by atoms with Crippen molar-refractivity contribution in [1.82, 2.24) is 9.29 Å². The van der Waals surface area contributed by atoms with Gasteiger partial charge in [-0.1, -0.05) is 0 Å². The minimum absolute atomic E-state index is 0.0672. The molecule has 1 aliphatic heterocycles. The maximum Gasteiger partial charge on any atom is 0.242 e. The summed E-state index contributed by atoms with van der Waals surface area (Å²) in [6.07, 6.45) is 3.48. The monoisotopic (exact) mass is 303 g/mol. The Morgan fingerprint density at radius 1 is 1.47 bits per heavy atom. The van der Waals surface area contributed by atoms with Crippen LogP contribution in [0.3, 0.4) is 0 Å². The van der Waals surface area contributed by atoms with Crippen molar-refractivity contribution in [2.75, 3.05) is 11.5 Å². The van der Waals surface area contributed by atoms with E-state index >= 15 is 0 Å². The molecule has 1 aliphatic rings. The molecule has 2 rings (SSSR count).